The van der Waals surface area contributed by atoms with Gasteiger partial charge in [-0.15, -0.1) is 0 Å². The van der Waals surface area contributed by atoms with Crippen molar-refractivity contribution in [3.05, 3.63) is 29.8 Å². The van der Waals surface area contributed by atoms with Gasteiger partial charge in [-0.3, -0.25) is 4.79 Å². The first-order chi connectivity index (χ1) is 9.19. The Morgan fingerprint density at radius 3 is 2.79 bits per heavy atom. The van der Waals surface area contributed by atoms with Gasteiger partial charge in [-0.2, -0.15) is 0 Å². The Kier molecular flexibility index (Phi) is 7.15. The van der Waals surface area contributed by atoms with Gasteiger partial charge in [-0.25, -0.2) is 0 Å². The van der Waals surface area contributed by atoms with Crippen LogP contribution in [-0.4, -0.2) is 39.3 Å². The van der Waals surface area contributed by atoms with Crippen LogP contribution in [0.3, 0.4) is 0 Å². The fourth-order valence-corrected chi connectivity index (χ4v) is 1.93. The average molecular weight is 264 g/mol. The van der Waals surface area contributed by atoms with E-state index in [0.29, 0.717) is 26.1 Å². The third-order valence-electron chi connectivity index (χ3n) is 2.93. The third kappa shape index (κ3) is 5.41. The first-order valence-corrected chi connectivity index (χ1v) is 6.75. The molecule has 1 aromatic carbocycles. The first-order valence-electron chi connectivity index (χ1n) is 6.75. The van der Waals surface area contributed by atoms with Crippen molar-refractivity contribution in [2.24, 2.45) is 0 Å². The van der Waals surface area contributed by atoms with Crippen LogP contribution in [0.5, 0.6) is 0 Å². The summed E-state index contributed by atoms with van der Waals surface area (Å²) >= 11 is 0. The molecule has 19 heavy (non-hydrogen) atoms. The van der Waals surface area contributed by atoms with Crippen LogP contribution in [0, 0.1) is 6.92 Å². The average Bonchev–Trinajstić information content (AvgIpc) is 2.39. The Hall–Kier alpha value is -1.39. The zero-order valence-electron chi connectivity index (χ0n) is 12.1. The van der Waals surface area contributed by atoms with Gasteiger partial charge >= 0.3 is 0 Å². The number of anilines is 1. The minimum Gasteiger partial charge on any atom is -0.383 e. The highest BCUT2D eigenvalue weighted by molar-refractivity contribution is 5.93. The largest absolute Gasteiger partial charge is 0.383 e. The Bertz CT molecular complexity index is 393. The maximum Gasteiger partial charge on any atom is 0.228 e. The van der Waals surface area contributed by atoms with Gasteiger partial charge in [0.05, 0.1) is 6.61 Å². The Labute approximate surface area is 115 Å². The molecule has 106 valence electrons. The van der Waals surface area contributed by atoms with Gasteiger partial charge in [0.25, 0.3) is 0 Å². The second-order valence-electron chi connectivity index (χ2n) is 4.47. The van der Waals surface area contributed by atoms with Crippen LogP contribution in [0.15, 0.2) is 24.3 Å². The monoisotopic (exact) mass is 264 g/mol. The molecule has 0 bridgehead atoms. The molecule has 4 nitrogen and oxygen atoms in total. The minimum absolute atomic E-state index is 0.151. The molecule has 0 saturated heterocycles. The molecule has 4 heteroatoms. The maximum atomic E-state index is 12.2. The van der Waals surface area contributed by atoms with Gasteiger partial charge < -0.3 is 15.0 Å². The number of aryl methyl sites for hydroxylation is 1. The van der Waals surface area contributed by atoms with Crippen molar-refractivity contribution in [3.63, 3.8) is 0 Å². The predicted octanol–water partition coefficient (Wildman–Crippen LogP) is 1.97. The van der Waals surface area contributed by atoms with Gasteiger partial charge in [0.15, 0.2) is 0 Å². The Balaban J connectivity index is 2.48. The fourth-order valence-electron chi connectivity index (χ4n) is 1.93. The topological polar surface area (TPSA) is 41.6 Å². The number of ether oxygens (including phenoxy) is 1. The predicted molar refractivity (Wildman–Crippen MR) is 78.6 cm³/mol. The molecular formula is C15H24N2O2. The number of hydrogen-bond acceptors (Lipinski definition) is 3. The highest BCUT2D eigenvalue weighted by atomic mass is 16.5. The summed E-state index contributed by atoms with van der Waals surface area (Å²) in [7, 11) is 1.67. The first kappa shape index (κ1) is 15.7. The molecule has 0 unspecified atom stereocenters. The van der Waals surface area contributed by atoms with E-state index in [1.807, 2.05) is 43.0 Å². The number of benzene rings is 1. The zero-order chi connectivity index (χ0) is 14.1. The number of methoxy groups -OCH3 is 1. The smallest absolute Gasteiger partial charge is 0.228 e. The van der Waals surface area contributed by atoms with Crippen molar-refractivity contribution >= 4 is 11.6 Å². The number of nitrogens with zero attached hydrogens (tertiary/aromatic N) is 1. The summed E-state index contributed by atoms with van der Waals surface area (Å²) in [5, 5.41) is 3.19. The maximum absolute atomic E-state index is 12.2. The lowest BCUT2D eigenvalue weighted by atomic mass is 10.2. The van der Waals surface area contributed by atoms with E-state index in [1.54, 1.807) is 7.11 Å². The highest BCUT2D eigenvalue weighted by Gasteiger charge is 2.13. The lowest BCUT2D eigenvalue weighted by Crippen LogP contribution is -2.33. The van der Waals surface area contributed by atoms with Gasteiger partial charge in [0.2, 0.25) is 5.91 Å². The van der Waals surface area contributed by atoms with E-state index < -0.39 is 0 Å². The van der Waals surface area contributed by atoms with Crippen molar-refractivity contribution in [1.82, 2.24) is 5.32 Å². The molecule has 0 heterocycles. The molecule has 0 saturated carbocycles. The molecule has 0 spiro atoms. The van der Waals surface area contributed by atoms with E-state index in [4.69, 9.17) is 4.74 Å². The fraction of sp³-hybridized carbons (Fsp3) is 0.533. The summed E-state index contributed by atoms with van der Waals surface area (Å²) in [5.41, 5.74) is 2.14. The molecule has 0 fully saturated rings. The van der Waals surface area contributed by atoms with E-state index in [-0.39, 0.29) is 5.91 Å². The number of nitrogens with one attached hydrogen (secondary N) is 1. The molecule has 1 rings (SSSR count). The number of rotatable bonds is 8. The molecule has 1 N–H and O–H groups in total. The SMILES string of the molecule is CCN(C(=O)CCNCCOC)c1cccc(C)c1. The molecule has 1 aromatic rings. The number of hydrogen-bond donors (Lipinski definition) is 1. The molecule has 0 aromatic heterocycles. The number of amides is 1. The zero-order valence-corrected chi connectivity index (χ0v) is 12.1. The lowest BCUT2D eigenvalue weighted by Gasteiger charge is -2.21. The van der Waals surface area contributed by atoms with E-state index in [9.17, 15) is 4.79 Å². The van der Waals surface area contributed by atoms with Crippen molar-refractivity contribution in [1.29, 1.82) is 0 Å². The van der Waals surface area contributed by atoms with Gasteiger partial charge in [0, 0.05) is 38.9 Å². The highest BCUT2D eigenvalue weighted by Crippen LogP contribution is 2.16. The van der Waals surface area contributed by atoms with Crippen molar-refractivity contribution in [2.75, 3.05) is 38.3 Å². The summed E-state index contributed by atoms with van der Waals surface area (Å²) in [6.45, 7) is 6.86. The van der Waals surface area contributed by atoms with Gasteiger partial charge in [-0.05, 0) is 31.5 Å². The van der Waals surface area contributed by atoms with E-state index in [1.165, 1.54) is 5.56 Å². The van der Waals surface area contributed by atoms with Gasteiger partial charge in [-0.1, -0.05) is 12.1 Å². The summed E-state index contributed by atoms with van der Waals surface area (Å²) in [6.07, 6.45) is 0.505. The van der Waals surface area contributed by atoms with Crippen molar-refractivity contribution in [2.45, 2.75) is 20.3 Å². The number of carbonyl (C=O) groups is 1. The van der Waals surface area contributed by atoms with Crippen LogP contribution in [0.2, 0.25) is 0 Å². The number of carbonyl (C=O) groups excluding carboxylic acids is 1. The van der Waals surface area contributed by atoms with Gasteiger partial charge in [0.1, 0.15) is 0 Å². The lowest BCUT2D eigenvalue weighted by molar-refractivity contribution is -0.118. The minimum atomic E-state index is 0.151. The third-order valence-corrected chi connectivity index (χ3v) is 2.93. The molecule has 1 amide bonds. The summed E-state index contributed by atoms with van der Waals surface area (Å²) in [5.74, 6) is 0.151. The van der Waals surface area contributed by atoms with E-state index in [0.717, 1.165) is 12.2 Å². The summed E-state index contributed by atoms with van der Waals surface area (Å²) < 4.78 is 4.94. The standard InChI is InChI=1S/C15H24N2O2/c1-4-17(14-7-5-6-13(2)12-14)15(18)8-9-16-10-11-19-3/h5-7,12,16H,4,8-11H2,1-3H3. The Morgan fingerprint density at radius 2 is 2.16 bits per heavy atom. The van der Waals surface area contributed by atoms with Crippen molar-refractivity contribution < 1.29 is 9.53 Å². The second-order valence-corrected chi connectivity index (χ2v) is 4.47. The van der Waals surface area contributed by atoms with Crippen LogP contribution in [0.1, 0.15) is 18.9 Å². The molecule has 0 radical (unpaired) electrons. The molecule has 0 aliphatic rings. The quantitative estimate of drug-likeness (QED) is 0.730. The summed E-state index contributed by atoms with van der Waals surface area (Å²) in [6, 6.07) is 8.04. The molecular weight excluding hydrogens is 240 g/mol. The molecule has 0 atom stereocenters. The summed E-state index contributed by atoms with van der Waals surface area (Å²) in [4.78, 5) is 14.0. The second kappa shape index (κ2) is 8.67. The Morgan fingerprint density at radius 1 is 1.37 bits per heavy atom. The van der Waals surface area contributed by atoms with Crippen LogP contribution < -0.4 is 10.2 Å². The van der Waals surface area contributed by atoms with E-state index >= 15 is 0 Å². The van der Waals surface area contributed by atoms with Crippen molar-refractivity contribution in [3.8, 4) is 0 Å². The van der Waals surface area contributed by atoms with Crippen LogP contribution in [-0.2, 0) is 9.53 Å². The molecule has 0 aliphatic heterocycles. The van der Waals surface area contributed by atoms with Crippen LogP contribution in [0.25, 0.3) is 0 Å². The normalized spacial score (nSPS) is 10.5. The van der Waals surface area contributed by atoms with Crippen LogP contribution >= 0.6 is 0 Å². The van der Waals surface area contributed by atoms with E-state index in [2.05, 4.69) is 5.32 Å². The van der Waals surface area contributed by atoms with Crippen LogP contribution in [0.4, 0.5) is 5.69 Å². The molecule has 0 aliphatic carbocycles.